The lowest BCUT2D eigenvalue weighted by Gasteiger charge is -2.15. The van der Waals surface area contributed by atoms with Crippen molar-refractivity contribution < 1.29 is 4.74 Å². The molecule has 0 saturated carbocycles. The van der Waals surface area contributed by atoms with Crippen molar-refractivity contribution in [2.24, 2.45) is 0 Å². The molecule has 0 aliphatic carbocycles. The first-order chi connectivity index (χ1) is 8.35. The van der Waals surface area contributed by atoms with Crippen molar-refractivity contribution >= 4 is 11.5 Å². The molecule has 1 heterocycles. The molecule has 0 amide bonds. The van der Waals surface area contributed by atoms with Crippen LogP contribution in [0.4, 0.5) is 0 Å². The van der Waals surface area contributed by atoms with Crippen LogP contribution in [-0.2, 0) is 6.42 Å². The van der Waals surface area contributed by atoms with Crippen LogP contribution in [0.1, 0.15) is 17.3 Å². The first-order valence-electron chi connectivity index (χ1n) is 5.41. The number of ether oxygens (including phenoxy) is 1. The average molecular weight is 249 g/mol. The van der Waals surface area contributed by atoms with Crippen molar-refractivity contribution in [2.45, 2.75) is 12.5 Å². The number of benzene rings is 1. The first-order valence-corrected chi connectivity index (χ1v) is 6.25. The summed E-state index contributed by atoms with van der Waals surface area (Å²) in [6, 6.07) is 8.21. The fourth-order valence-electron chi connectivity index (χ4n) is 1.77. The third-order valence-corrected chi connectivity index (χ3v) is 3.22. The van der Waals surface area contributed by atoms with Crippen molar-refractivity contribution in [3.63, 3.8) is 0 Å². The van der Waals surface area contributed by atoms with E-state index in [2.05, 4.69) is 21.0 Å². The summed E-state index contributed by atoms with van der Waals surface area (Å²) in [5, 5.41) is 9.33. The Morgan fingerprint density at radius 3 is 2.88 bits per heavy atom. The maximum atomic E-state index is 5.35. The van der Waals surface area contributed by atoms with Crippen molar-refractivity contribution in [1.82, 2.24) is 14.9 Å². The quantitative estimate of drug-likeness (QED) is 0.881. The summed E-state index contributed by atoms with van der Waals surface area (Å²) in [5.74, 6) is 0.913. The number of rotatable bonds is 5. The standard InChI is InChI=1S/C12H15N3OS/c1-13-10(11-8-17-15-14-11)7-9-5-3-4-6-12(9)16-2/h3-6,8,10,13H,7H2,1-2H3. The molecule has 90 valence electrons. The van der Waals surface area contributed by atoms with Gasteiger partial charge in [0.2, 0.25) is 0 Å². The molecule has 1 N–H and O–H groups in total. The zero-order valence-electron chi connectivity index (χ0n) is 9.88. The van der Waals surface area contributed by atoms with Gasteiger partial charge in [0.25, 0.3) is 0 Å². The van der Waals surface area contributed by atoms with Gasteiger partial charge in [-0.25, -0.2) is 0 Å². The van der Waals surface area contributed by atoms with E-state index in [4.69, 9.17) is 4.74 Å². The molecule has 0 saturated heterocycles. The van der Waals surface area contributed by atoms with Crippen LogP contribution in [-0.4, -0.2) is 23.7 Å². The lowest BCUT2D eigenvalue weighted by molar-refractivity contribution is 0.406. The van der Waals surface area contributed by atoms with E-state index in [1.807, 2.05) is 30.6 Å². The SMILES string of the molecule is CNC(Cc1ccccc1OC)c1csnn1. The molecule has 0 fully saturated rings. The lowest BCUT2D eigenvalue weighted by Crippen LogP contribution is -2.19. The van der Waals surface area contributed by atoms with Crippen molar-refractivity contribution in [3.05, 3.63) is 40.9 Å². The van der Waals surface area contributed by atoms with Crippen LogP contribution in [0, 0.1) is 0 Å². The highest BCUT2D eigenvalue weighted by molar-refractivity contribution is 7.03. The van der Waals surface area contributed by atoms with E-state index in [0.717, 1.165) is 17.9 Å². The normalized spacial score (nSPS) is 12.4. The minimum atomic E-state index is 0.171. The monoisotopic (exact) mass is 249 g/mol. The Kier molecular flexibility index (Phi) is 4.06. The Bertz CT molecular complexity index is 459. The van der Waals surface area contributed by atoms with E-state index in [1.165, 1.54) is 17.1 Å². The highest BCUT2D eigenvalue weighted by Gasteiger charge is 2.14. The van der Waals surface area contributed by atoms with Gasteiger partial charge in [-0.05, 0) is 36.6 Å². The predicted molar refractivity (Wildman–Crippen MR) is 68.4 cm³/mol. The average Bonchev–Trinajstić information content (AvgIpc) is 2.90. The molecule has 5 heteroatoms. The predicted octanol–water partition coefficient (Wildman–Crippen LogP) is 2.05. The Labute approximate surface area is 105 Å². The zero-order valence-corrected chi connectivity index (χ0v) is 10.7. The Morgan fingerprint density at radius 1 is 1.41 bits per heavy atom. The number of para-hydroxylation sites is 1. The van der Waals surface area contributed by atoms with Gasteiger partial charge >= 0.3 is 0 Å². The molecule has 0 aliphatic rings. The number of nitrogens with zero attached hydrogens (tertiary/aromatic N) is 2. The maximum absolute atomic E-state index is 5.35. The molecule has 0 bridgehead atoms. The molecule has 1 unspecified atom stereocenters. The highest BCUT2D eigenvalue weighted by Crippen LogP contribution is 2.24. The van der Waals surface area contributed by atoms with E-state index >= 15 is 0 Å². The molecule has 17 heavy (non-hydrogen) atoms. The van der Waals surface area contributed by atoms with E-state index in [0.29, 0.717) is 0 Å². The van der Waals surface area contributed by atoms with Crippen LogP contribution < -0.4 is 10.1 Å². The number of likely N-dealkylation sites (N-methyl/N-ethyl adjacent to an activating group) is 1. The minimum Gasteiger partial charge on any atom is -0.496 e. The largest absolute Gasteiger partial charge is 0.496 e. The summed E-state index contributed by atoms with van der Waals surface area (Å²) in [4.78, 5) is 0. The summed E-state index contributed by atoms with van der Waals surface area (Å²) in [6.07, 6.45) is 0.839. The van der Waals surface area contributed by atoms with Crippen LogP contribution in [0.2, 0.25) is 0 Å². The van der Waals surface area contributed by atoms with Crippen LogP contribution in [0.5, 0.6) is 5.75 Å². The number of nitrogens with one attached hydrogen (secondary N) is 1. The molecule has 4 nitrogen and oxygen atoms in total. The third kappa shape index (κ3) is 2.81. The molecular weight excluding hydrogens is 234 g/mol. The second-order valence-electron chi connectivity index (χ2n) is 3.69. The van der Waals surface area contributed by atoms with Gasteiger partial charge in [0.1, 0.15) is 5.75 Å². The van der Waals surface area contributed by atoms with Gasteiger partial charge in [-0.2, -0.15) is 0 Å². The van der Waals surface area contributed by atoms with E-state index in [1.54, 1.807) is 7.11 Å². The van der Waals surface area contributed by atoms with Gasteiger partial charge in [-0.15, -0.1) is 5.10 Å². The first kappa shape index (κ1) is 12.0. The molecule has 0 radical (unpaired) electrons. The topological polar surface area (TPSA) is 47.0 Å². The van der Waals surface area contributed by atoms with E-state index < -0.39 is 0 Å². The summed E-state index contributed by atoms with van der Waals surface area (Å²) in [6.45, 7) is 0. The summed E-state index contributed by atoms with van der Waals surface area (Å²) >= 11 is 1.37. The second-order valence-corrected chi connectivity index (χ2v) is 4.30. The van der Waals surface area contributed by atoms with E-state index in [9.17, 15) is 0 Å². The van der Waals surface area contributed by atoms with Crippen molar-refractivity contribution in [1.29, 1.82) is 0 Å². The number of aromatic nitrogens is 2. The smallest absolute Gasteiger partial charge is 0.122 e. The van der Waals surface area contributed by atoms with Gasteiger partial charge in [-0.1, -0.05) is 22.7 Å². The van der Waals surface area contributed by atoms with Gasteiger partial charge in [0.15, 0.2) is 0 Å². The van der Waals surface area contributed by atoms with Crippen LogP contribution in [0.25, 0.3) is 0 Å². The maximum Gasteiger partial charge on any atom is 0.122 e. The summed E-state index contributed by atoms with van der Waals surface area (Å²) < 4.78 is 9.24. The fourth-order valence-corrected chi connectivity index (χ4v) is 2.28. The highest BCUT2D eigenvalue weighted by atomic mass is 32.1. The molecular formula is C12H15N3OS. The Balaban J connectivity index is 2.18. The van der Waals surface area contributed by atoms with Gasteiger partial charge in [0.05, 0.1) is 18.8 Å². The molecule has 0 aliphatic heterocycles. The van der Waals surface area contributed by atoms with Gasteiger partial charge in [-0.3, -0.25) is 0 Å². The Morgan fingerprint density at radius 2 is 2.24 bits per heavy atom. The third-order valence-electron chi connectivity index (χ3n) is 2.70. The lowest BCUT2D eigenvalue weighted by atomic mass is 10.0. The van der Waals surface area contributed by atoms with Crippen LogP contribution in [0.3, 0.4) is 0 Å². The molecule has 2 rings (SSSR count). The second kappa shape index (κ2) is 5.75. The fraction of sp³-hybridized carbons (Fsp3) is 0.333. The molecule has 1 atom stereocenters. The van der Waals surface area contributed by atoms with Crippen molar-refractivity contribution in [2.75, 3.05) is 14.2 Å². The summed E-state index contributed by atoms with van der Waals surface area (Å²) in [5.41, 5.74) is 2.14. The molecule has 1 aromatic heterocycles. The van der Waals surface area contributed by atoms with Gasteiger partial charge in [0, 0.05) is 5.38 Å². The van der Waals surface area contributed by atoms with Crippen LogP contribution >= 0.6 is 11.5 Å². The molecule has 2 aromatic rings. The van der Waals surface area contributed by atoms with E-state index in [-0.39, 0.29) is 6.04 Å². The van der Waals surface area contributed by atoms with Crippen molar-refractivity contribution in [3.8, 4) is 5.75 Å². The molecule has 1 aromatic carbocycles. The summed E-state index contributed by atoms with van der Waals surface area (Å²) in [7, 11) is 3.62. The zero-order chi connectivity index (χ0) is 12.1. The number of methoxy groups -OCH3 is 1. The van der Waals surface area contributed by atoms with Crippen LogP contribution in [0.15, 0.2) is 29.6 Å². The molecule has 0 spiro atoms. The van der Waals surface area contributed by atoms with Gasteiger partial charge < -0.3 is 10.1 Å². The Hall–Kier alpha value is -1.46. The minimum absolute atomic E-state index is 0.171. The number of hydrogen-bond acceptors (Lipinski definition) is 5. The number of hydrogen-bond donors (Lipinski definition) is 1.